The molecule has 0 bridgehead atoms. The summed E-state index contributed by atoms with van der Waals surface area (Å²) in [5.74, 6) is 0.210. The molecule has 3 nitrogen and oxygen atoms in total. The number of ether oxygens (including phenoxy) is 1. The van der Waals surface area contributed by atoms with Gasteiger partial charge in [-0.25, -0.2) is 4.79 Å². The summed E-state index contributed by atoms with van der Waals surface area (Å²) in [5.41, 5.74) is 7.64. The molecule has 0 aromatic heterocycles. The monoisotopic (exact) mass is 241 g/mol. The van der Waals surface area contributed by atoms with Crippen LogP contribution in [-0.2, 0) is 11.2 Å². The Labute approximate surface area is 101 Å². The standard InChI is InChI=1S/C12H16ClNO2/c1-2-16-12(15)11-9(6-4-8-13)5-3-7-10(11)14/h3,5,7H,2,4,6,8,14H2,1H3. The molecule has 0 unspecified atom stereocenters. The average Bonchev–Trinajstić information content (AvgIpc) is 2.26. The largest absolute Gasteiger partial charge is 0.462 e. The van der Waals surface area contributed by atoms with Crippen molar-refractivity contribution in [2.75, 3.05) is 18.2 Å². The lowest BCUT2D eigenvalue weighted by Crippen LogP contribution is -2.11. The third-order valence-electron chi connectivity index (χ3n) is 2.24. The Hall–Kier alpha value is -1.22. The summed E-state index contributed by atoms with van der Waals surface area (Å²) in [6.07, 6.45) is 1.56. The van der Waals surface area contributed by atoms with Crippen LogP contribution in [-0.4, -0.2) is 18.5 Å². The predicted molar refractivity (Wildman–Crippen MR) is 65.9 cm³/mol. The van der Waals surface area contributed by atoms with Crippen LogP contribution in [0, 0.1) is 0 Å². The molecular formula is C12H16ClNO2. The minimum atomic E-state index is -0.356. The van der Waals surface area contributed by atoms with Gasteiger partial charge in [0.15, 0.2) is 0 Å². The molecule has 0 aliphatic rings. The van der Waals surface area contributed by atoms with Crippen LogP contribution in [0.1, 0.15) is 29.3 Å². The summed E-state index contributed by atoms with van der Waals surface area (Å²) >= 11 is 5.64. The SMILES string of the molecule is CCOC(=O)c1c(N)cccc1CCCCl. The fourth-order valence-electron chi connectivity index (χ4n) is 1.54. The van der Waals surface area contributed by atoms with Crippen molar-refractivity contribution in [2.24, 2.45) is 0 Å². The van der Waals surface area contributed by atoms with Gasteiger partial charge < -0.3 is 10.5 Å². The van der Waals surface area contributed by atoms with E-state index in [0.29, 0.717) is 23.7 Å². The summed E-state index contributed by atoms with van der Waals surface area (Å²) in [6.45, 7) is 2.12. The van der Waals surface area contributed by atoms with Crippen molar-refractivity contribution >= 4 is 23.3 Å². The van der Waals surface area contributed by atoms with E-state index in [4.69, 9.17) is 22.1 Å². The van der Waals surface area contributed by atoms with E-state index < -0.39 is 0 Å². The fourth-order valence-corrected chi connectivity index (χ4v) is 1.67. The lowest BCUT2D eigenvalue weighted by atomic mass is 10.0. The number of carbonyl (C=O) groups is 1. The second-order valence-electron chi connectivity index (χ2n) is 3.39. The zero-order chi connectivity index (χ0) is 12.0. The number of anilines is 1. The summed E-state index contributed by atoms with van der Waals surface area (Å²) < 4.78 is 4.98. The van der Waals surface area contributed by atoms with Crippen LogP contribution in [0.15, 0.2) is 18.2 Å². The lowest BCUT2D eigenvalue weighted by Gasteiger charge is -2.10. The molecule has 0 heterocycles. The number of halogens is 1. The normalized spacial score (nSPS) is 10.1. The number of hydrogen-bond acceptors (Lipinski definition) is 3. The lowest BCUT2D eigenvalue weighted by molar-refractivity contribution is 0.0526. The van der Waals surface area contributed by atoms with Crippen molar-refractivity contribution in [3.63, 3.8) is 0 Å². The van der Waals surface area contributed by atoms with Gasteiger partial charge in [0.05, 0.1) is 12.2 Å². The highest BCUT2D eigenvalue weighted by Gasteiger charge is 2.15. The van der Waals surface area contributed by atoms with Gasteiger partial charge in [-0.1, -0.05) is 12.1 Å². The Balaban J connectivity index is 2.98. The molecule has 4 heteroatoms. The molecule has 0 spiro atoms. The van der Waals surface area contributed by atoms with Gasteiger partial charge in [-0.05, 0) is 31.4 Å². The van der Waals surface area contributed by atoms with Gasteiger partial charge in [0.2, 0.25) is 0 Å². The van der Waals surface area contributed by atoms with Gasteiger partial charge in [0, 0.05) is 11.6 Å². The number of nitrogens with two attached hydrogens (primary N) is 1. The van der Waals surface area contributed by atoms with Crippen molar-refractivity contribution in [1.82, 2.24) is 0 Å². The van der Waals surface area contributed by atoms with E-state index in [1.165, 1.54) is 0 Å². The molecule has 1 aromatic rings. The smallest absolute Gasteiger partial charge is 0.340 e. The molecule has 0 aliphatic carbocycles. The third-order valence-corrected chi connectivity index (χ3v) is 2.51. The molecule has 0 fully saturated rings. The van der Waals surface area contributed by atoms with Crippen molar-refractivity contribution < 1.29 is 9.53 Å². The van der Waals surface area contributed by atoms with Crippen LogP contribution in [0.25, 0.3) is 0 Å². The number of carbonyl (C=O) groups excluding carboxylic acids is 1. The van der Waals surface area contributed by atoms with Crippen LogP contribution in [0.3, 0.4) is 0 Å². The number of rotatable bonds is 5. The number of aryl methyl sites for hydroxylation is 1. The molecule has 0 radical (unpaired) electrons. The number of hydrogen-bond donors (Lipinski definition) is 1. The molecule has 0 atom stereocenters. The molecule has 0 aliphatic heterocycles. The molecule has 88 valence electrons. The van der Waals surface area contributed by atoms with Gasteiger partial charge >= 0.3 is 5.97 Å². The summed E-state index contributed by atoms with van der Waals surface area (Å²) in [5, 5.41) is 0. The second-order valence-corrected chi connectivity index (χ2v) is 3.77. The Kier molecular flexibility index (Phi) is 5.12. The van der Waals surface area contributed by atoms with Crippen LogP contribution in [0.4, 0.5) is 5.69 Å². The average molecular weight is 242 g/mol. The van der Waals surface area contributed by atoms with E-state index in [0.717, 1.165) is 18.4 Å². The summed E-state index contributed by atoms with van der Waals surface area (Å²) in [7, 11) is 0. The number of alkyl halides is 1. The van der Waals surface area contributed by atoms with Crippen LogP contribution in [0.2, 0.25) is 0 Å². The Morgan fingerprint density at radius 2 is 2.25 bits per heavy atom. The highest BCUT2D eigenvalue weighted by atomic mass is 35.5. The highest BCUT2D eigenvalue weighted by molar-refractivity contribution is 6.17. The van der Waals surface area contributed by atoms with E-state index in [9.17, 15) is 4.79 Å². The number of benzene rings is 1. The maximum Gasteiger partial charge on any atom is 0.340 e. The Bertz CT molecular complexity index is 366. The summed E-state index contributed by atoms with van der Waals surface area (Å²) in [6, 6.07) is 5.42. The van der Waals surface area contributed by atoms with Gasteiger partial charge in [0.1, 0.15) is 0 Å². The third kappa shape index (κ3) is 3.14. The van der Waals surface area contributed by atoms with Gasteiger partial charge in [-0.15, -0.1) is 11.6 Å². The van der Waals surface area contributed by atoms with Gasteiger partial charge in [0.25, 0.3) is 0 Å². The van der Waals surface area contributed by atoms with Gasteiger partial charge in [-0.3, -0.25) is 0 Å². The van der Waals surface area contributed by atoms with E-state index in [1.807, 2.05) is 12.1 Å². The maximum atomic E-state index is 11.7. The minimum absolute atomic E-state index is 0.349. The van der Waals surface area contributed by atoms with Crippen LogP contribution < -0.4 is 5.73 Å². The van der Waals surface area contributed by atoms with E-state index in [1.54, 1.807) is 13.0 Å². The van der Waals surface area contributed by atoms with Crippen LogP contribution in [0.5, 0.6) is 0 Å². The van der Waals surface area contributed by atoms with Crippen molar-refractivity contribution in [3.8, 4) is 0 Å². The zero-order valence-electron chi connectivity index (χ0n) is 9.33. The molecular weight excluding hydrogens is 226 g/mol. The van der Waals surface area contributed by atoms with Gasteiger partial charge in [-0.2, -0.15) is 0 Å². The molecule has 2 N–H and O–H groups in total. The van der Waals surface area contributed by atoms with Crippen LogP contribution >= 0.6 is 11.6 Å². The molecule has 1 rings (SSSR count). The first-order chi connectivity index (χ1) is 7.70. The highest BCUT2D eigenvalue weighted by Crippen LogP contribution is 2.20. The molecule has 0 amide bonds. The topological polar surface area (TPSA) is 52.3 Å². The quantitative estimate of drug-likeness (QED) is 0.490. The Morgan fingerprint density at radius 3 is 2.88 bits per heavy atom. The first-order valence-corrected chi connectivity index (χ1v) is 5.84. The molecule has 0 saturated carbocycles. The first-order valence-electron chi connectivity index (χ1n) is 5.31. The first kappa shape index (κ1) is 12.8. The van der Waals surface area contributed by atoms with Crippen molar-refractivity contribution in [3.05, 3.63) is 29.3 Å². The molecule has 1 aromatic carbocycles. The fraction of sp³-hybridized carbons (Fsp3) is 0.417. The number of nitrogen functional groups attached to an aromatic ring is 1. The summed E-state index contributed by atoms with van der Waals surface area (Å²) in [4.78, 5) is 11.7. The predicted octanol–water partition coefficient (Wildman–Crippen LogP) is 2.62. The molecule has 16 heavy (non-hydrogen) atoms. The second kappa shape index (κ2) is 6.38. The maximum absolute atomic E-state index is 11.7. The van der Waals surface area contributed by atoms with E-state index in [-0.39, 0.29) is 5.97 Å². The van der Waals surface area contributed by atoms with E-state index >= 15 is 0 Å². The number of esters is 1. The molecule has 0 saturated heterocycles. The Morgan fingerprint density at radius 1 is 1.50 bits per heavy atom. The minimum Gasteiger partial charge on any atom is -0.462 e. The zero-order valence-corrected chi connectivity index (χ0v) is 10.1. The van der Waals surface area contributed by atoms with Crippen molar-refractivity contribution in [2.45, 2.75) is 19.8 Å². The van der Waals surface area contributed by atoms with E-state index in [2.05, 4.69) is 0 Å². The van der Waals surface area contributed by atoms with Crippen molar-refractivity contribution in [1.29, 1.82) is 0 Å².